The summed E-state index contributed by atoms with van der Waals surface area (Å²) in [6.45, 7) is 10.2. The second-order valence-corrected chi connectivity index (χ2v) is 26.5. The van der Waals surface area contributed by atoms with E-state index in [-0.39, 0.29) is 0 Å². The highest BCUT2D eigenvalue weighted by Gasteiger charge is 2.41. The van der Waals surface area contributed by atoms with Gasteiger partial charge in [0.2, 0.25) is 0 Å². The molecule has 0 N–H and O–H groups in total. The van der Waals surface area contributed by atoms with Crippen LogP contribution in [0.2, 0.25) is 26.2 Å². The van der Waals surface area contributed by atoms with E-state index in [1.54, 1.807) is 10.4 Å². The molecule has 10 aromatic rings. The Morgan fingerprint density at radius 1 is 0.267 bits per heavy atom. The minimum absolute atomic E-state index is 1.24. The van der Waals surface area contributed by atoms with Crippen molar-refractivity contribution in [3.05, 3.63) is 194 Å². The third kappa shape index (κ3) is 4.95. The molecule has 0 amide bonds. The summed E-state index contributed by atoms with van der Waals surface area (Å²) in [7, 11) is -4.04. The van der Waals surface area contributed by atoms with E-state index in [1.165, 1.54) is 109 Å². The van der Waals surface area contributed by atoms with Gasteiger partial charge < -0.3 is 0 Å². The molecule has 0 spiro atoms. The molecule has 0 nitrogen and oxygen atoms in total. The molecule has 0 aromatic heterocycles. The maximum Gasteiger partial charge on any atom is 0.114 e. The van der Waals surface area contributed by atoms with Crippen LogP contribution in [0.5, 0.6) is 0 Å². The number of benzene rings is 10. The summed E-state index contributed by atoms with van der Waals surface area (Å²) in [5.74, 6) is 0. The second kappa shape index (κ2) is 13.0. The number of hydrogen-bond donors (Lipinski definition) is 0. The number of rotatable bonds is 4. The molecular formula is C58H44Si2. The van der Waals surface area contributed by atoms with Gasteiger partial charge >= 0.3 is 0 Å². The Labute approximate surface area is 354 Å². The maximum absolute atomic E-state index is 2.56. The van der Waals surface area contributed by atoms with Gasteiger partial charge in [-0.2, -0.15) is 0 Å². The van der Waals surface area contributed by atoms with E-state index in [0.29, 0.717) is 0 Å². The van der Waals surface area contributed by atoms with E-state index >= 15 is 0 Å². The first-order valence-corrected chi connectivity index (χ1v) is 27.4. The summed E-state index contributed by atoms with van der Waals surface area (Å²) in [5.41, 5.74) is 16.1. The van der Waals surface area contributed by atoms with Crippen LogP contribution in [-0.2, 0) is 0 Å². The lowest BCUT2D eigenvalue weighted by molar-refractivity contribution is 1.63. The van der Waals surface area contributed by atoms with Crippen molar-refractivity contribution >= 4 is 69.2 Å². The van der Waals surface area contributed by atoms with Crippen molar-refractivity contribution < 1.29 is 0 Å². The summed E-state index contributed by atoms with van der Waals surface area (Å²) in [6.07, 6.45) is 0. The minimum atomic E-state index is -2.02. The lowest BCUT2D eigenvalue weighted by atomic mass is 9.84. The predicted molar refractivity (Wildman–Crippen MR) is 265 cm³/mol. The molecule has 0 atom stereocenters. The molecule has 2 heteroatoms. The Bertz CT molecular complexity index is 3260. The van der Waals surface area contributed by atoms with Crippen LogP contribution in [0.1, 0.15) is 0 Å². The van der Waals surface area contributed by atoms with Crippen molar-refractivity contribution in [3.63, 3.8) is 0 Å². The van der Waals surface area contributed by atoms with Crippen molar-refractivity contribution in [1.29, 1.82) is 0 Å². The Balaban J connectivity index is 1.21. The van der Waals surface area contributed by atoms with Crippen LogP contribution < -0.4 is 20.7 Å². The van der Waals surface area contributed by atoms with Crippen molar-refractivity contribution in [2.75, 3.05) is 0 Å². The summed E-state index contributed by atoms with van der Waals surface area (Å²) in [6, 6.07) is 73.9. The first-order valence-electron chi connectivity index (χ1n) is 21.4. The maximum atomic E-state index is 2.56. The molecule has 0 unspecified atom stereocenters. The van der Waals surface area contributed by atoms with E-state index in [1.807, 2.05) is 0 Å². The first kappa shape index (κ1) is 35.4. The molecule has 2 heterocycles. The van der Waals surface area contributed by atoms with Gasteiger partial charge in [0.1, 0.15) is 16.1 Å². The highest BCUT2D eigenvalue weighted by atomic mass is 28.3. The van der Waals surface area contributed by atoms with Crippen LogP contribution in [-0.4, -0.2) is 16.1 Å². The van der Waals surface area contributed by atoms with Gasteiger partial charge in [0.25, 0.3) is 0 Å². The Kier molecular flexibility index (Phi) is 7.64. The average molecular weight is 797 g/mol. The van der Waals surface area contributed by atoms with Gasteiger partial charge in [0.05, 0.1) is 0 Å². The van der Waals surface area contributed by atoms with Crippen molar-refractivity contribution in [3.8, 4) is 66.8 Å². The molecule has 12 rings (SSSR count). The lowest BCUT2D eigenvalue weighted by Crippen LogP contribution is -2.50. The Morgan fingerprint density at radius 3 is 1.25 bits per heavy atom. The van der Waals surface area contributed by atoms with Crippen molar-refractivity contribution in [2.45, 2.75) is 26.2 Å². The monoisotopic (exact) mass is 796 g/mol. The Hall–Kier alpha value is -6.59. The zero-order valence-electron chi connectivity index (χ0n) is 34.5. The number of fused-ring (bicyclic) bond motifs is 9. The third-order valence-corrected chi connectivity index (χ3v) is 21.2. The molecule has 0 bridgehead atoms. The fourth-order valence-corrected chi connectivity index (χ4v) is 18.3. The highest BCUT2D eigenvalue weighted by molar-refractivity contribution is 7.05. The number of hydrogen-bond acceptors (Lipinski definition) is 0. The van der Waals surface area contributed by atoms with Gasteiger partial charge in [-0.25, -0.2) is 0 Å². The van der Waals surface area contributed by atoms with Gasteiger partial charge in [-0.3, -0.25) is 0 Å². The molecule has 60 heavy (non-hydrogen) atoms. The Morgan fingerprint density at radius 2 is 0.683 bits per heavy atom. The van der Waals surface area contributed by atoms with Crippen LogP contribution in [0.3, 0.4) is 0 Å². The molecule has 2 aliphatic rings. The minimum Gasteiger partial charge on any atom is -0.0623 e. The molecule has 0 radical (unpaired) electrons. The molecule has 0 saturated carbocycles. The zero-order valence-corrected chi connectivity index (χ0v) is 36.5. The van der Waals surface area contributed by atoms with Crippen LogP contribution in [0.25, 0.3) is 99.1 Å². The third-order valence-electron chi connectivity index (χ3n) is 14.0. The fraction of sp³-hybridized carbons (Fsp3) is 0.0690. The normalized spacial score (nSPS) is 14.3. The van der Waals surface area contributed by atoms with Crippen LogP contribution in [0.4, 0.5) is 0 Å². The van der Waals surface area contributed by atoms with E-state index in [4.69, 9.17) is 0 Å². The molecule has 284 valence electrons. The molecule has 2 aliphatic heterocycles. The van der Waals surface area contributed by atoms with Crippen LogP contribution >= 0.6 is 0 Å². The van der Waals surface area contributed by atoms with Crippen molar-refractivity contribution in [1.82, 2.24) is 0 Å². The molecule has 0 fully saturated rings. The van der Waals surface area contributed by atoms with Gasteiger partial charge in [0, 0.05) is 0 Å². The fourth-order valence-electron chi connectivity index (χ4n) is 11.4. The van der Waals surface area contributed by atoms with E-state index < -0.39 is 16.1 Å². The SMILES string of the molecule is C[Si]1(C)c2ccccc2-c2cccc(-c3cccc4c(-c5cc(-c6ccccc6)c6ccccc6c5)c5cccc(-c6cccc7c6[Si](C)(C)c6ccccc6-7)c5cc34)c21. The van der Waals surface area contributed by atoms with Gasteiger partial charge in [0.15, 0.2) is 0 Å². The predicted octanol–water partition coefficient (Wildman–Crippen LogP) is 13.4. The van der Waals surface area contributed by atoms with E-state index in [9.17, 15) is 0 Å². The van der Waals surface area contributed by atoms with Gasteiger partial charge in [-0.1, -0.05) is 202 Å². The average Bonchev–Trinajstić information content (AvgIpc) is 3.67. The molecule has 10 aromatic carbocycles. The first-order chi connectivity index (χ1) is 29.3. The van der Waals surface area contributed by atoms with Gasteiger partial charge in [-0.15, -0.1) is 0 Å². The van der Waals surface area contributed by atoms with E-state index in [0.717, 1.165) is 0 Å². The zero-order chi connectivity index (χ0) is 40.3. The topological polar surface area (TPSA) is 0 Å². The largest absolute Gasteiger partial charge is 0.114 e. The highest BCUT2D eigenvalue weighted by Crippen LogP contribution is 2.46. The quantitative estimate of drug-likeness (QED) is 0.123. The van der Waals surface area contributed by atoms with E-state index in [2.05, 4.69) is 220 Å². The van der Waals surface area contributed by atoms with Crippen LogP contribution in [0.15, 0.2) is 194 Å². The smallest absolute Gasteiger partial charge is 0.0623 e. The summed E-state index contributed by atoms with van der Waals surface area (Å²) in [4.78, 5) is 0. The standard InChI is InChI=1S/C58H44Si2/c1-59(2)54-32-12-10-22-43(54)49-30-16-28-47(57(49)59)41-24-14-26-45-52(41)36-53-42(48-29-17-31-50-44-23-11-13-33-55(44)60(3,4)58(48)50)25-15-27-46(53)56(45)39-34-38-20-8-9-21-40(38)51(35-39)37-18-6-5-7-19-37/h5-36H,1-4H3. The summed E-state index contributed by atoms with van der Waals surface area (Å²) < 4.78 is 0. The molecule has 0 aliphatic carbocycles. The van der Waals surface area contributed by atoms with Crippen LogP contribution in [0, 0.1) is 0 Å². The summed E-state index contributed by atoms with van der Waals surface area (Å²) >= 11 is 0. The molecule has 0 saturated heterocycles. The van der Waals surface area contributed by atoms with Gasteiger partial charge in [-0.05, 0) is 138 Å². The second-order valence-electron chi connectivity index (χ2n) is 18.0. The van der Waals surface area contributed by atoms with Crippen molar-refractivity contribution in [2.24, 2.45) is 0 Å². The summed E-state index contributed by atoms with van der Waals surface area (Å²) in [5, 5.41) is 13.9. The molecular weight excluding hydrogens is 753 g/mol. The lowest BCUT2D eigenvalue weighted by Gasteiger charge is -2.25.